The summed E-state index contributed by atoms with van der Waals surface area (Å²) in [6.45, 7) is 11.9. The Morgan fingerprint density at radius 2 is 1.39 bits per heavy atom. The Labute approximate surface area is 761 Å². The molecule has 1 aliphatic carbocycles. The molecule has 0 spiro atoms. The second-order valence-electron chi connectivity index (χ2n) is 31.6. The van der Waals surface area contributed by atoms with Crippen LogP contribution < -0.4 is 30.4 Å². The van der Waals surface area contributed by atoms with Gasteiger partial charge in [-0.1, -0.05) is 171 Å². The lowest BCUT2D eigenvalue weighted by Crippen LogP contribution is -2.48. The summed E-state index contributed by atoms with van der Waals surface area (Å²) in [4.78, 5) is 122. The first-order valence-electron chi connectivity index (χ1n) is 43.5. The van der Waals surface area contributed by atoms with Crippen molar-refractivity contribution in [2.45, 2.75) is 123 Å². The summed E-state index contributed by atoms with van der Waals surface area (Å²) in [7, 11) is -3.53. The number of anilines is 3. The molecule has 129 heavy (non-hydrogen) atoms. The van der Waals surface area contributed by atoms with Gasteiger partial charge in [0, 0.05) is 158 Å². The quantitative estimate of drug-likeness (QED) is 0.0138. The first-order chi connectivity index (χ1) is 62.6. The molecule has 6 amide bonds. The smallest absolute Gasteiger partial charge is 0.291 e. The number of fused-ring (bicyclic) bond motifs is 4. The number of ketones is 2. The predicted molar refractivity (Wildman–Crippen MR) is 510 cm³/mol. The number of carbonyl (C=O) groups excluding carboxylic acids is 8. The number of imidazole rings is 1. The lowest BCUT2D eigenvalue weighted by Gasteiger charge is -2.36. The number of Topliss-reactive ketones (excluding diaryl/α,β-unsaturated/α-hetero) is 2. The normalized spacial score (nSPS) is 15.4. The van der Waals surface area contributed by atoms with Crippen LogP contribution in [0, 0.1) is 12.8 Å². The van der Waals surface area contributed by atoms with E-state index < -0.39 is 15.9 Å². The number of aromatic nitrogens is 5. The number of benzene rings is 8. The SMILES string of the molecule is CCCC(=O)C(=O)Nc1cc2c3c(c1)CCN3C(=O)CC2.CCc1ccc(S(=O)(=O)NCCOc2cccc3cccnc23)cc1.CCc1ncc(/C=C2\Cc3ccccc3CC2=O)[nH]1.Cc1cccc(CCC(=O)N/N=C/c2ccccn2)c1.O=C1CCC(C(=O)N2CCSCC2)CN1Cc1ccc(Cl)cc1.O=C1Nc2ccccc2/C1=C\c1ccnc2ccccc12. The van der Waals surface area contributed by atoms with E-state index in [-0.39, 0.29) is 71.5 Å². The van der Waals surface area contributed by atoms with Gasteiger partial charge in [-0.05, 0) is 181 Å². The molecular weight excluding hydrogens is 1680 g/mol. The lowest BCUT2D eigenvalue weighted by atomic mass is 9.87. The van der Waals surface area contributed by atoms with E-state index in [9.17, 15) is 46.8 Å². The number of para-hydroxylation sites is 3. The summed E-state index contributed by atoms with van der Waals surface area (Å²) in [6, 6.07) is 67.1. The Hall–Kier alpha value is -13.4. The minimum atomic E-state index is -3.53. The van der Waals surface area contributed by atoms with Gasteiger partial charge in [0.25, 0.3) is 11.8 Å². The molecule has 1 atom stereocenters. The van der Waals surface area contributed by atoms with Crippen molar-refractivity contribution in [3.8, 4) is 5.75 Å². The number of nitrogens with one attached hydrogen (secondary N) is 5. The molecule has 24 nitrogen and oxygen atoms in total. The van der Waals surface area contributed by atoms with E-state index in [1.54, 1.807) is 36.9 Å². The van der Waals surface area contributed by atoms with E-state index in [2.05, 4.69) is 69.9 Å². The molecule has 0 saturated carbocycles. The number of hydrogen-bond donors (Lipinski definition) is 5. The van der Waals surface area contributed by atoms with Gasteiger partial charge in [-0.15, -0.1) is 0 Å². The number of rotatable bonds is 22. The van der Waals surface area contributed by atoms with Crippen molar-refractivity contribution in [1.29, 1.82) is 0 Å². The topological polar surface area (TPSA) is 317 Å². The Morgan fingerprint density at radius 3 is 2.15 bits per heavy atom. The van der Waals surface area contributed by atoms with Gasteiger partial charge in [-0.25, -0.2) is 23.5 Å². The van der Waals surface area contributed by atoms with Crippen LogP contribution in [0.4, 0.5) is 17.1 Å². The standard InChI is InChI=1S/C19H20N2O3S.C18H12N2O.C17H21ClN2O2S.C16H17N3O.C16H18N2O3.C16H16N2O/c1-2-15-8-10-17(11-9-15)25(22,23)21-13-14-24-18-7-3-5-16-6-4-12-20-19(16)18;21-18-15(14-6-2-4-8-17(14)20-18)11-12-9-10-19-16-7-3-1-5-13(12)16;18-15-4-1-13(2-5-15)11-20-12-14(3-6-16(20)21)17(22)19-7-9-23-10-8-19;1-13-5-4-6-14(11-13)8-9-16(20)19-18-12-15-7-2-3-10-17-15;1-2-3-13(19)16(21)17-12-8-10-4-5-14(20)18-7-6-11(9-12)15(10)18;1-2-16-17-10-14(18-16)8-13-7-11-5-3-4-6-12(11)9-15(13)19/h3-12,21H,2,13-14H2,1H3;1-11H,(H,20,21);1-2,4-5,14H,3,6-12H2;2-7,10-12H,8-9H2,1H3,(H,19,20);8-9H,2-7H2,1H3,(H,17,21);3-6,8,10H,2,7,9H2,1H3,(H,17,18)/b;15-11+;;18-12+;;13-8+. The Kier molecular flexibility index (Phi) is 33.1. The van der Waals surface area contributed by atoms with Crippen LogP contribution in [0.1, 0.15) is 132 Å². The number of carbonyl (C=O) groups is 8. The highest BCUT2D eigenvalue weighted by Gasteiger charge is 2.35. The minimum absolute atomic E-state index is 0.0527. The number of aromatic amines is 1. The third-order valence-electron chi connectivity index (χ3n) is 22.4. The van der Waals surface area contributed by atoms with E-state index in [4.69, 9.17) is 16.3 Å². The average molecular weight is 1790 g/mol. The average Bonchev–Trinajstić information content (AvgIpc) is 1.64. The maximum Gasteiger partial charge on any atom is 0.291 e. The number of nitrogens with zero attached hydrogens (tertiary/aromatic N) is 8. The lowest BCUT2D eigenvalue weighted by molar-refractivity contribution is -0.143. The van der Waals surface area contributed by atoms with Crippen molar-refractivity contribution in [3.63, 3.8) is 0 Å². The number of hydrazone groups is 1. The van der Waals surface area contributed by atoms with Crippen LogP contribution in [-0.2, 0) is 99.9 Å². The molecule has 9 heterocycles. The Morgan fingerprint density at radius 1 is 0.659 bits per heavy atom. The summed E-state index contributed by atoms with van der Waals surface area (Å²) in [6.07, 6.45) is 20.6. The van der Waals surface area contributed by atoms with Gasteiger partial charge in [0.1, 0.15) is 23.7 Å². The first-order valence-corrected chi connectivity index (χ1v) is 46.5. The summed E-state index contributed by atoms with van der Waals surface area (Å²) in [5.41, 5.74) is 21.0. The van der Waals surface area contributed by atoms with Gasteiger partial charge < -0.3 is 35.1 Å². The number of allylic oxidation sites excluding steroid dienone is 1. The highest BCUT2D eigenvalue weighted by Crippen LogP contribution is 2.40. The van der Waals surface area contributed by atoms with Crippen molar-refractivity contribution < 1.29 is 51.5 Å². The van der Waals surface area contributed by atoms with Gasteiger partial charge >= 0.3 is 0 Å². The van der Waals surface area contributed by atoms with E-state index in [1.807, 2.05) is 247 Å². The number of sulfonamides is 1. The molecule has 0 bridgehead atoms. The summed E-state index contributed by atoms with van der Waals surface area (Å²) in [5, 5.41) is 12.2. The van der Waals surface area contributed by atoms with E-state index in [0.29, 0.717) is 98.7 Å². The highest BCUT2D eigenvalue weighted by molar-refractivity contribution is 7.99. The number of piperidine rings is 1. The largest absolute Gasteiger partial charge is 0.490 e. The number of H-pyrrole nitrogens is 1. The van der Waals surface area contributed by atoms with Crippen LogP contribution >= 0.6 is 23.4 Å². The molecule has 8 aromatic carbocycles. The third-order valence-corrected chi connectivity index (χ3v) is 25.1. The predicted octanol–water partition coefficient (Wildman–Crippen LogP) is 16.6. The van der Waals surface area contributed by atoms with Crippen molar-refractivity contribution in [1.82, 2.24) is 44.9 Å². The van der Waals surface area contributed by atoms with E-state index >= 15 is 0 Å². The molecule has 2 saturated heterocycles. The zero-order valence-corrected chi connectivity index (χ0v) is 75.0. The maximum absolute atomic E-state index is 12.7. The zero-order valence-electron chi connectivity index (χ0n) is 72.6. The number of aryl methyl sites for hydroxylation is 5. The molecular formula is C102H104ClN13O11S2. The van der Waals surface area contributed by atoms with Crippen molar-refractivity contribution in [2.75, 3.05) is 66.4 Å². The summed E-state index contributed by atoms with van der Waals surface area (Å²) < 4.78 is 32.8. The molecule has 18 rings (SSSR count). The number of hydrogen-bond acceptors (Lipinski definition) is 17. The molecule has 1 unspecified atom stereocenters. The molecule has 5 N–H and O–H groups in total. The van der Waals surface area contributed by atoms with Gasteiger partial charge in [0.15, 0.2) is 5.78 Å². The van der Waals surface area contributed by atoms with Crippen LogP contribution in [-0.4, -0.2) is 147 Å². The first kappa shape index (κ1) is 93.2. The molecule has 2 fully saturated rings. The number of likely N-dealkylation sites (tertiary alicyclic amines) is 1. The minimum Gasteiger partial charge on any atom is -0.490 e. The van der Waals surface area contributed by atoms with Crippen LogP contribution in [0.5, 0.6) is 5.75 Å². The fourth-order valence-electron chi connectivity index (χ4n) is 15.6. The maximum atomic E-state index is 12.7. The Bertz CT molecular complexity index is 6230. The number of amides is 6. The van der Waals surface area contributed by atoms with Gasteiger partial charge in [-0.2, -0.15) is 16.9 Å². The number of ether oxygens (including phenoxy) is 1. The number of pyridine rings is 3. The summed E-state index contributed by atoms with van der Waals surface area (Å²) >= 11 is 7.80. The molecule has 662 valence electrons. The molecule has 0 radical (unpaired) electrons. The van der Waals surface area contributed by atoms with Crippen molar-refractivity contribution >= 4 is 143 Å². The van der Waals surface area contributed by atoms with Gasteiger partial charge in [0.2, 0.25) is 39.4 Å². The molecule has 5 aliphatic heterocycles. The van der Waals surface area contributed by atoms with Crippen LogP contribution in [0.2, 0.25) is 5.02 Å². The monoisotopic (exact) mass is 1790 g/mol. The number of thioether (sulfide) groups is 1. The fourth-order valence-corrected chi connectivity index (χ4v) is 17.7. The van der Waals surface area contributed by atoms with Gasteiger partial charge in [-0.3, -0.25) is 53.3 Å². The van der Waals surface area contributed by atoms with Crippen molar-refractivity contribution in [2.24, 2.45) is 11.0 Å². The van der Waals surface area contributed by atoms with Crippen LogP contribution in [0.25, 0.3) is 39.5 Å². The summed E-state index contributed by atoms with van der Waals surface area (Å²) in [5.74, 6) is 3.24. The van der Waals surface area contributed by atoms with Gasteiger partial charge in [0.05, 0.1) is 45.8 Å². The van der Waals surface area contributed by atoms with Crippen molar-refractivity contribution in [3.05, 3.63) is 321 Å². The molecule has 6 aliphatic rings. The molecule has 4 aromatic heterocycles. The molecule has 12 aromatic rings. The van der Waals surface area contributed by atoms with Crippen LogP contribution in [0.15, 0.2) is 253 Å². The third kappa shape index (κ3) is 26.0. The Balaban J connectivity index is 0.000000132. The number of halogens is 1. The second-order valence-corrected chi connectivity index (χ2v) is 35.0. The van der Waals surface area contributed by atoms with E-state index in [0.717, 1.165) is 145 Å². The van der Waals surface area contributed by atoms with E-state index in [1.165, 1.54) is 17.3 Å². The van der Waals surface area contributed by atoms with Crippen LogP contribution in [0.3, 0.4) is 0 Å². The zero-order chi connectivity index (χ0) is 90.6. The highest BCUT2D eigenvalue weighted by atomic mass is 35.5. The second kappa shape index (κ2) is 45.8. The fraction of sp³-hybridized carbons (Fsp3) is 0.265. The molecule has 27 heteroatoms.